The Balaban J connectivity index is 1.65. The molecule has 134 valence electrons. The van der Waals surface area contributed by atoms with E-state index in [-0.39, 0.29) is 0 Å². The van der Waals surface area contributed by atoms with Crippen LogP contribution in [0.5, 0.6) is 0 Å². The number of urea groups is 1. The van der Waals surface area contributed by atoms with E-state index in [0.29, 0.717) is 22.3 Å². The van der Waals surface area contributed by atoms with Gasteiger partial charge in [-0.3, -0.25) is 0 Å². The summed E-state index contributed by atoms with van der Waals surface area (Å²) in [6, 6.07) is 4.92. The zero-order valence-corrected chi connectivity index (χ0v) is 15.3. The Kier molecular flexibility index (Phi) is 5.04. The summed E-state index contributed by atoms with van der Waals surface area (Å²) in [5.41, 5.74) is 2.95. The Morgan fingerprint density at radius 3 is 2.46 bits per heavy atom. The van der Waals surface area contributed by atoms with Crippen LogP contribution in [0.15, 0.2) is 43.0 Å². The van der Waals surface area contributed by atoms with Gasteiger partial charge in [0.05, 0.1) is 36.2 Å². The molecule has 0 aliphatic carbocycles. The number of hydrogen-bond acceptors (Lipinski definition) is 5. The van der Waals surface area contributed by atoms with Crippen LogP contribution in [0.3, 0.4) is 0 Å². The minimum absolute atomic E-state index is 0.395. The summed E-state index contributed by atoms with van der Waals surface area (Å²) < 4.78 is 1.48. The van der Waals surface area contributed by atoms with Crippen LogP contribution in [0.1, 0.15) is 5.56 Å². The molecule has 0 atom stereocenters. The first kappa shape index (κ1) is 17.7. The van der Waals surface area contributed by atoms with Crippen molar-refractivity contribution < 1.29 is 4.79 Å². The highest BCUT2D eigenvalue weighted by molar-refractivity contribution is 6.31. The molecule has 0 spiro atoms. The molecule has 0 radical (unpaired) electrons. The van der Waals surface area contributed by atoms with Crippen molar-refractivity contribution in [3.63, 3.8) is 0 Å². The number of anilines is 3. The molecule has 0 aliphatic heterocycles. The average Bonchev–Trinajstić information content (AvgIpc) is 3.06. The topological polar surface area (TPSA) is 88.0 Å². The first-order valence-corrected chi connectivity index (χ1v) is 8.19. The number of aromatic nitrogens is 4. The quantitative estimate of drug-likeness (QED) is 0.734. The van der Waals surface area contributed by atoms with Gasteiger partial charge in [-0.15, -0.1) is 0 Å². The largest absolute Gasteiger partial charge is 0.375 e. The first-order valence-electron chi connectivity index (χ1n) is 7.81. The van der Waals surface area contributed by atoms with Crippen LogP contribution in [0.25, 0.3) is 5.95 Å². The molecule has 0 bridgehead atoms. The Hall–Kier alpha value is -3.13. The van der Waals surface area contributed by atoms with Gasteiger partial charge in [-0.2, -0.15) is 5.10 Å². The van der Waals surface area contributed by atoms with Gasteiger partial charge in [-0.05, 0) is 24.6 Å². The molecule has 0 aliphatic rings. The lowest BCUT2D eigenvalue weighted by molar-refractivity contribution is 0.262. The predicted molar refractivity (Wildman–Crippen MR) is 102 cm³/mol. The maximum atomic E-state index is 12.1. The highest BCUT2D eigenvalue weighted by atomic mass is 35.5. The summed E-state index contributed by atoms with van der Waals surface area (Å²) in [7, 11) is 3.82. The monoisotopic (exact) mass is 371 g/mol. The van der Waals surface area contributed by atoms with Gasteiger partial charge < -0.3 is 15.5 Å². The number of nitrogens with one attached hydrogen (secondary N) is 2. The van der Waals surface area contributed by atoms with Crippen molar-refractivity contribution in [1.82, 2.24) is 19.7 Å². The lowest BCUT2D eigenvalue weighted by atomic mass is 10.2. The van der Waals surface area contributed by atoms with Gasteiger partial charge in [-0.25, -0.2) is 19.4 Å². The molecule has 3 aromatic rings. The van der Waals surface area contributed by atoms with E-state index < -0.39 is 6.03 Å². The summed E-state index contributed by atoms with van der Waals surface area (Å²) in [6.07, 6.45) is 6.55. The fraction of sp³-hybridized carbons (Fsp3) is 0.176. The second-order valence-corrected chi connectivity index (χ2v) is 6.26. The van der Waals surface area contributed by atoms with Gasteiger partial charge in [0.25, 0.3) is 5.95 Å². The third-order valence-electron chi connectivity index (χ3n) is 3.62. The number of amides is 2. The van der Waals surface area contributed by atoms with Crippen LogP contribution in [0.4, 0.5) is 21.9 Å². The van der Waals surface area contributed by atoms with Crippen LogP contribution in [0, 0.1) is 6.92 Å². The van der Waals surface area contributed by atoms with Crippen molar-refractivity contribution in [3.8, 4) is 5.95 Å². The third-order valence-corrected chi connectivity index (χ3v) is 4.02. The van der Waals surface area contributed by atoms with Crippen LogP contribution in [-0.2, 0) is 0 Å². The number of rotatable bonds is 4. The van der Waals surface area contributed by atoms with E-state index in [9.17, 15) is 4.79 Å². The minimum Gasteiger partial charge on any atom is -0.375 e. The standard InChI is InChI=1S/C17H18ClN7O/c1-11-4-5-12(6-15(11)18)22-17(26)23-13-7-21-25(10-13)16-19-8-14(9-20-16)24(2)3/h4-10H,1-3H3,(H2,22,23,26). The van der Waals surface area contributed by atoms with Gasteiger partial charge in [0, 0.05) is 24.8 Å². The molecule has 0 fully saturated rings. The van der Waals surface area contributed by atoms with E-state index in [0.717, 1.165) is 11.3 Å². The summed E-state index contributed by atoms with van der Waals surface area (Å²) in [5.74, 6) is 0.411. The number of carbonyl (C=O) groups excluding carboxylic acids is 1. The number of benzene rings is 1. The second-order valence-electron chi connectivity index (χ2n) is 5.85. The molecule has 2 heterocycles. The van der Waals surface area contributed by atoms with Gasteiger partial charge in [0.1, 0.15) is 0 Å². The number of hydrogen-bond donors (Lipinski definition) is 2. The molecule has 0 saturated carbocycles. The van der Waals surface area contributed by atoms with E-state index in [2.05, 4.69) is 25.7 Å². The van der Waals surface area contributed by atoms with E-state index >= 15 is 0 Å². The Labute approximate surface area is 155 Å². The number of halogens is 1. The number of carbonyl (C=O) groups is 1. The molecule has 0 unspecified atom stereocenters. The maximum absolute atomic E-state index is 12.1. The number of nitrogens with zero attached hydrogens (tertiary/aromatic N) is 5. The fourth-order valence-corrected chi connectivity index (χ4v) is 2.30. The third kappa shape index (κ3) is 4.09. The number of aryl methyl sites for hydroxylation is 1. The fourth-order valence-electron chi connectivity index (χ4n) is 2.12. The lowest BCUT2D eigenvalue weighted by Gasteiger charge is -2.10. The SMILES string of the molecule is Cc1ccc(NC(=O)Nc2cnn(-c3ncc(N(C)C)cn3)c2)cc1Cl. The van der Waals surface area contributed by atoms with Crippen molar-refractivity contribution in [1.29, 1.82) is 0 Å². The normalized spacial score (nSPS) is 10.5. The first-order chi connectivity index (χ1) is 12.4. The summed E-state index contributed by atoms with van der Waals surface area (Å²) in [4.78, 5) is 22.5. The van der Waals surface area contributed by atoms with Crippen molar-refractivity contribution in [2.45, 2.75) is 6.92 Å². The smallest absolute Gasteiger partial charge is 0.323 e. The molecular formula is C17H18ClN7O. The highest BCUT2D eigenvalue weighted by Gasteiger charge is 2.08. The van der Waals surface area contributed by atoms with Gasteiger partial charge >= 0.3 is 6.03 Å². The van der Waals surface area contributed by atoms with Crippen LogP contribution >= 0.6 is 11.6 Å². The Morgan fingerprint density at radius 1 is 1.12 bits per heavy atom. The minimum atomic E-state index is -0.395. The molecule has 2 amide bonds. The molecule has 2 N–H and O–H groups in total. The molecule has 3 rings (SSSR count). The van der Waals surface area contributed by atoms with Crippen LogP contribution in [0.2, 0.25) is 5.02 Å². The molecule has 1 aromatic carbocycles. The van der Waals surface area contributed by atoms with E-state index in [1.807, 2.05) is 32.0 Å². The van der Waals surface area contributed by atoms with Crippen molar-refractivity contribution in [2.75, 3.05) is 29.6 Å². The van der Waals surface area contributed by atoms with Crippen molar-refractivity contribution in [3.05, 3.63) is 53.6 Å². The van der Waals surface area contributed by atoms with Crippen LogP contribution < -0.4 is 15.5 Å². The Morgan fingerprint density at radius 2 is 1.81 bits per heavy atom. The highest BCUT2D eigenvalue weighted by Crippen LogP contribution is 2.20. The molecule has 8 nitrogen and oxygen atoms in total. The zero-order valence-electron chi connectivity index (χ0n) is 14.6. The van der Waals surface area contributed by atoms with Gasteiger partial charge in [0.15, 0.2) is 0 Å². The van der Waals surface area contributed by atoms with Crippen LogP contribution in [-0.4, -0.2) is 39.9 Å². The summed E-state index contributed by atoms with van der Waals surface area (Å²) >= 11 is 6.06. The molecular weight excluding hydrogens is 354 g/mol. The maximum Gasteiger partial charge on any atom is 0.323 e. The van der Waals surface area contributed by atoms with E-state index in [1.54, 1.807) is 30.7 Å². The second kappa shape index (κ2) is 7.40. The van der Waals surface area contributed by atoms with E-state index in [4.69, 9.17) is 11.6 Å². The molecule has 9 heteroatoms. The predicted octanol–water partition coefficient (Wildman–Crippen LogP) is 3.33. The van der Waals surface area contributed by atoms with Crippen molar-refractivity contribution in [2.24, 2.45) is 0 Å². The molecule has 26 heavy (non-hydrogen) atoms. The molecule has 2 aromatic heterocycles. The van der Waals surface area contributed by atoms with Gasteiger partial charge in [-0.1, -0.05) is 17.7 Å². The van der Waals surface area contributed by atoms with Crippen molar-refractivity contribution >= 4 is 34.7 Å². The zero-order chi connectivity index (χ0) is 18.7. The Bertz CT molecular complexity index is 921. The summed E-state index contributed by atoms with van der Waals surface area (Å²) in [6.45, 7) is 1.90. The molecule has 0 saturated heterocycles. The summed E-state index contributed by atoms with van der Waals surface area (Å²) in [5, 5.41) is 10.2. The average molecular weight is 372 g/mol. The lowest BCUT2D eigenvalue weighted by Crippen LogP contribution is -2.19. The van der Waals surface area contributed by atoms with E-state index in [1.165, 1.54) is 10.9 Å². The van der Waals surface area contributed by atoms with Gasteiger partial charge in [0.2, 0.25) is 0 Å².